The van der Waals surface area contributed by atoms with Gasteiger partial charge in [-0.2, -0.15) is 0 Å². The number of hydrogen-bond donors (Lipinski definition) is 1. The molecule has 1 amide bonds. The summed E-state index contributed by atoms with van der Waals surface area (Å²) in [7, 11) is 1.85. The van der Waals surface area contributed by atoms with Gasteiger partial charge in [0.05, 0.1) is 5.92 Å². The molecule has 2 aliphatic heterocycles. The molecule has 0 unspecified atom stereocenters. The normalized spacial score (nSPS) is 26.2. The molecule has 0 radical (unpaired) electrons. The molecule has 7 rings (SSSR count). The number of carbonyl (C=O) groups is 3. The number of anilines is 1. The number of nitrogens with one attached hydrogen (secondary N) is 1. The molecule has 6 heteroatoms. The number of likely N-dealkylation sites (N-methyl/N-ethyl adjacent to an activating group) is 1. The first-order valence-corrected chi connectivity index (χ1v) is 12.3. The Bertz CT molecular complexity index is 1640. The van der Waals surface area contributed by atoms with Gasteiger partial charge in [0, 0.05) is 28.4 Å². The van der Waals surface area contributed by atoms with Gasteiger partial charge in [-0.15, -0.1) is 0 Å². The molecule has 0 bridgehead atoms. The number of likely N-dealkylation sites (tertiary alicyclic amines) is 1. The summed E-state index contributed by atoms with van der Waals surface area (Å²) in [6.45, 7) is 0.249. The number of carbonyl (C=O) groups excluding carboxylic acids is 3. The molecule has 3 atom stereocenters. The Hall–Kier alpha value is -3.80. The lowest BCUT2D eigenvalue weighted by molar-refractivity contribution is -0.124. The second-order valence-electron chi connectivity index (χ2n) is 9.86. The lowest BCUT2D eigenvalue weighted by Gasteiger charge is -2.44. The largest absolute Gasteiger partial charge is 0.325 e. The standard InChI is InChI=1S/C30H21ClN2O3/c1-33-16-23(26(34)18-12-14-19(31)15-13-18)29(21-9-2-3-11-24(21)32-28(29)36)30(33)22-10-5-7-17-6-4-8-20(25(17)22)27(30)35/h2-15,23H,16H2,1H3,(H,32,36)/t23-,29+,30+/m0/s1. The average molecular weight is 493 g/mol. The summed E-state index contributed by atoms with van der Waals surface area (Å²) >= 11 is 6.10. The highest BCUT2D eigenvalue weighted by Gasteiger charge is 2.77. The van der Waals surface area contributed by atoms with E-state index < -0.39 is 16.9 Å². The number of rotatable bonds is 2. The number of amides is 1. The molecule has 4 aromatic rings. The Morgan fingerprint density at radius 2 is 1.61 bits per heavy atom. The van der Waals surface area contributed by atoms with Gasteiger partial charge >= 0.3 is 0 Å². The van der Waals surface area contributed by atoms with E-state index in [1.807, 2.05) is 72.6 Å². The number of fused-ring (bicyclic) bond motifs is 4. The fourth-order valence-corrected chi connectivity index (χ4v) is 7.23. The molecule has 3 aliphatic rings. The zero-order valence-corrected chi connectivity index (χ0v) is 20.2. The van der Waals surface area contributed by atoms with Gasteiger partial charge in [0.2, 0.25) is 5.91 Å². The van der Waals surface area contributed by atoms with E-state index in [9.17, 15) is 14.4 Å². The minimum atomic E-state index is -1.44. The topological polar surface area (TPSA) is 66.5 Å². The molecule has 5 nitrogen and oxygen atoms in total. The molecule has 1 fully saturated rings. The van der Waals surface area contributed by atoms with Crippen molar-refractivity contribution in [2.24, 2.45) is 5.92 Å². The zero-order chi connectivity index (χ0) is 24.8. The van der Waals surface area contributed by atoms with Gasteiger partial charge in [-0.1, -0.05) is 66.2 Å². The fourth-order valence-electron chi connectivity index (χ4n) is 7.10. The molecule has 176 valence electrons. The van der Waals surface area contributed by atoms with Gasteiger partial charge in [-0.05, 0) is 59.3 Å². The van der Waals surface area contributed by atoms with Crippen LogP contribution in [0.5, 0.6) is 0 Å². The van der Waals surface area contributed by atoms with E-state index >= 15 is 0 Å². The van der Waals surface area contributed by atoms with Crippen molar-refractivity contribution in [1.29, 1.82) is 0 Å². The minimum Gasteiger partial charge on any atom is -0.325 e. The van der Waals surface area contributed by atoms with Crippen LogP contribution in [-0.4, -0.2) is 36.0 Å². The van der Waals surface area contributed by atoms with E-state index in [4.69, 9.17) is 11.6 Å². The molecule has 0 saturated carbocycles. The summed E-state index contributed by atoms with van der Waals surface area (Å²) in [4.78, 5) is 45.1. The van der Waals surface area contributed by atoms with E-state index in [-0.39, 0.29) is 24.0 Å². The van der Waals surface area contributed by atoms with Crippen LogP contribution < -0.4 is 5.32 Å². The Labute approximate surface area is 212 Å². The summed E-state index contributed by atoms with van der Waals surface area (Å²) in [5, 5.41) is 5.36. The SMILES string of the molecule is CN1C[C@@H](C(=O)c2ccc(Cl)cc2)[C@]2(C(=O)Nc3ccccc32)[C@@]12C(=O)c1cccc3cccc2c13. The third-order valence-corrected chi connectivity index (χ3v) is 8.65. The Morgan fingerprint density at radius 1 is 0.917 bits per heavy atom. The molecule has 2 spiro atoms. The van der Waals surface area contributed by atoms with Crippen molar-refractivity contribution in [2.45, 2.75) is 11.0 Å². The summed E-state index contributed by atoms with van der Waals surface area (Å²) in [6.07, 6.45) is 0. The molecular weight excluding hydrogens is 472 g/mol. The lowest BCUT2D eigenvalue weighted by Crippen LogP contribution is -2.61. The van der Waals surface area contributed by atoms with Crippen molar-refractivity contribution in [1.82, 2.24) is 4.90 Å². The van der Waals surface area contributed by atoms with E-state index in [0.29, 0.717) is 27.4 Å². The van der Waals surface area contributed by atoms with Crippen molar-refractivity contribution in [2.75, 3.05) is 18.9 Å². The summed E-state index contributed by atoms with van der Waals surface area (Å²) in [5.74, 6) is -1.44. The van der Waals surface area contributed by atoms with Crippen LogP contribution >= 0.6 is 11.6 Å². The zero-order valence-electron chi connectivity index (χ0n) is 19.4. The minimum absolute atomic E-state index is 0.143. The van der Waals surface area contributed by atoms with E-state index in [1.165, 1.54) is 0 Å². The molecule has 1 aliphatic carbocycles. The van der Waals surface area contributed by atoms with E-state index in [2.05, 4.69) is 5.32 Å². The Morgan fingerprint density at radius 3 is 2.39 bits per heavy atom. The predicted molar refractivity (Wildman–Crippen MR) is 139 cm³/mol. The van der Waals surface area contributed by atoms with Gasteiger partial charge in [-0.25, -0.2) is 0 Å². The monoisotopic (exact) mass is 492 g/mol. The van der Waals surface area contributed by atoms with Crippen molar-refractivity contribution in [3.8, 4) is 0 Å². The van der Waals surface area contributed by atoms with Crippen LogP contribution in [0.25, 0.3) is 10.8 Å². The van der Waals surface area contributed by atoms with Crippen LogP contribution in [0.2, 0.25) is 5.02 Å². The van der Waals surface area contributed by atoms with Crippen molar-refractivity contribution in [3.63, 3.8) is 0 Å². The third-order valence-electron chi connectivity index (χ3n) is 8.39. The summed E-state index contributed by atoms with van der Waals surface area (Å²) < 4.78 is 0. The molecule has 4 aromatic carbocycles. The van der Waals surface area contributed by atoms with Crippen LogP contribution in [0.1, 0.15) is 31.8 Å². The summed E-state index contributed by atoms with van der Waals surface area (Å²) in [5.41, 5.74) is 0.353. The number of benzene rings is 4. The van der Waals surface area contributed by atoms with Crippen LogP contribution in [0.15, 0.2) is 84.9 Å². The third kappa shape index (κ3) is 2.28. The number of ketones is 2. The molecular formula is C30H21ClN2O3. The second-order valence-corrected chi connectivity index (χ2v) is 10.3. The molecule has 36 heavy (non-hydrogen) atoms. The maximum Gasteiger partial charge on any atom is 0.238 e. The maximum atomic E-state index is 14.6. The van der Waals surface area contributed by atoms with Crippen molar-refractivity contribution < 1.29 is 14.4 Å². The van der Waals surface area contributed by atoms with Crippen LogP contribution in [0.3, 0.4) is 0 Å². The van der Waals surface area contributed by atoms with Crippen molar-refractivity contribution >= 4 is 45.5 Å². The van der Waals surface area contributed by atoms with Crippen LogP contribution in [0, 0.1) is 5.92 Å². The molecule has 1 N–H and O–H groups in total. The van der Waals surface area contributed by atoms with Gasteiger partial charge in [0.1, 0.15) is 11.0 Å². The Balaban J connectivity index is 1.58. The van der Waals surface area contributed by atoms with Crippen LogP contribution in [-0.2, 0) is 15.7 Å². The van der Waals surface area contributed by atoms with Gasteiger partial charge < -0.3 is 5.32 Å². The first-order chi connectivity index (χ1) is 17.4. The number of hydrogen-bond acceptors (Lipinski definition) is 4. The highest BCUT2D eigenvalue weighted by molar-refractivity contribution is 6.30. The smallest absolute Gasteiger partial charge is 0.238 e. The van der Waals surface area contributed by atoms with E-state index in [0.717, 1.165) is 16.3 Å². The van der Waals surface area contributed by atoms with Gasteiger partial charge in [0.15, 0.2) is 11.6 Å². The maximum absolute atomic E-state index is 14.6. The summed E-state index contributed by atoms with van der Waals surface area (Å²) in [6, 6.07) is 25.7. The predicted octanol–water partition coefficient (Wildman–Crippen LogP) is 5.22. The number of halogens is 1. The quantitative estimate of drug-likeness (QED) is 0.390. The van der Waals surface area contributed by atoms with Gasteiger partial charge in [-0.3, -0.25) is 19.3 Å². The Kier molecular flexibility index (Phi) is 4.25. The van der Waals surface area contributed by atoms with E-state index in [1.54, 1.807) is 24.3 Å². The van der Waals surface area contributed by atoms with Crippen LogP contribution in [0.4, 0.5) is 5.69 Å². The molecule has 2 heterocycles. The second kappa shape index (κ2) is 7.12. The fraction of sp³-hybridized carbons (Fsp3) is 0.167. The first kappa shape index (κ1) is 21.5. The number of nitrogens with zero attached hydrogens (tertiary/aromatic N) is 1. The molecule has 1 saturated heterocycles. The van der Waals surface area contributed by atoms with Crippen molar-refractivity contribution in [3.05, 3.63) is 112 Å². The lowest BCUT2D eigenvalue weighted by atomic mass is 9.57. The highest BCUT2D eigenvalue weighted by Crippen LogP contribution is 2.65. The first-order valence-electron chi connectivity index (χ1n) is 11.9. The molecule has 0 aromatic heterocycles. The number of Topliss-reactive ketones (excluding diaryl/α,β-unsaturated/α-hetero) is 2. The van der Waals surface area contributed by atoms with Gasteiger partial charge in [0.25, 0.3) is 0 Å². The number of para-hydroxylation sites is 1. The highest BCUT2D eigenvalue weighted by atomic mass is 35.5. The average Bonchev–Trinajstić information content (AvgIpc) is 3.45.